The third-order valence-electron chi connectivity index (χ3n) is 6.89. The van der Waals surface area contributed by atoms with Crippen molar-refractivity contribution in [2.75, 3.05) is 13.6 Å². The second-order valence-corrected chi connectivity index (χ2v) is 12.2. The lowest BCUT2D eigenvalue weighted by Crippen LogP contribution is -2.54. The van der Waals surface area contributed by atoms with E-state index in [1.165, 1.54) is 24.1 Å². The molecule has 0 aromatic heterocycles. The molecular formula is C31H47N3O8. The molecule has 42 heavy (non-hydrogen) atoms. The van der Waals surface area contributed by atoms with Crippen LogP contribution in [0, 0.1) is 17.8 Å². The van der Waals surface area contributed by atoms with Gasteiger partial charge in [0.25, 0.3) is 11.8 Å². The van der Waals surface area contributed by atoms with Gasteiger partial charge >= 0.3 is 11.9 Å². The zero-order valence-corrected chi connectivity index (χ0v) is 25.8. The molecule has 1 aromatic carbocycles. The van der Waals surface area contributed by atoms with Gasteiger partial charge in [-0.05, 0) is 54.7 Å². The monoisotopic (exact) mass is 589 g/mol. The fourth-order valence-corrected chi connectivity index (χ4v) is 4.70. The molecule has 3 amide bonds. The molecule has 234 valence electrons. The molecule has 1 saturated heterocycles. The summed E-state index contributed by atoms with van der Waals surface area (Å²) in [6.07, 6.45) is -1.71. The van der Waals surface area contributed by atoms with Gasteiger partial charge in [-0.1, -0.05) is 53.7 Å². The van der Waals surface area contributed by atoms with Crippen LogP contribution in [0.2, 0.25) is 0 Å². The van der Waals surface area contributed by atoms with Crippen LogP contribution in [-0.2, 0) is 39.9 Å². The van der Waals surface area contributed by atoms with Crippen molar-refractivity contribution < 1.29 is 38.6 Å². The van der Waals surface area contributed by atoms with E-state index in [0.717, 1.165) is 0 Å². The minimum Gasteiger partial charge on any atom is -0.508 e. The van der Waals surface area contributed by atoms with Crippen molar-refractivity contribution in [1.82, 2.24) is 15.5 Å². The number of ether oxygens (including phenoxy) is 2. The van der Waals surface area contributed by atoms with Crippen LogP contribution in [-0.4, -0.2) is 77.6 Å². The third-order valence-corrected chi connectivity index (χ3v) is 6.89. The van der Waals surface area contributed by atoms with Gasteiger partial charge in [0, 0.05) is 20.0 Å². The molecule has 2 rings (SSSR count). The number of carbonyl (C=O) groups excluding carboxylic acids is 5. The molecule has 1 aromatic rings. The molecule has 4 atom stereocenters. The maximum Gasteiger partial charge on any atom is 0.329 e. The highest BCUT2D eigenvalue weighted by Crippen LogP contribution is 2.19. The van der Waals surface area contributed by atoms with Gasteiger partial charge in [-0.3, -0.25) is 19.2 Å². The highest BCUT2D eigenvalue weighted by molar-refractivity contribution is 5.92. The highest BCUT2D eigenvalue weighted by Gasteiger charge is 2.37. The lowest BCUT2D eigenvalue weighted by molar-refractivity contribution is -0.166. The first-order chi connectivity index (χ1) is 19.7. The molecule has 11 nitrogen and oxygen atoms in total. The maximum atomic E-state index is 13.8. The average Bonchev–Trinajstić information content (AvgIpc) is 2.89. The summed E-state index contributed by atoms with van der Waals surface area (Å²) in [4.78, 5) is 67.8. The van der Waals surface area contributed by atoms with E-state index >= 15 is 0 Å². The van der Waals surface area contributed by atoms with E-state index in [1.807, 2.05) is 41.5 Å². The van der Waals surface area contributed by atoms with Crippen molar-refractivity contribution in [2.24, 2.45) is 17.8 Å². The smallest absolute Gasteiger partial charge is 0.329 e. The number of amides is 3. The molecule has 4 unspecified atom stereocenters. The van der Waals surface area contributed by atoms with Crippen molar-refractivity contribution in [2.45, 2.75) is 97.9 Å². The molecule has 0 aliphatic carbocycles. The Morgan fingerprint density at radius 2 is 1.40 bits per heavy atom. The Hall–Kier alpha value is -3.63. The minimum atomic E-state index is -1.19. The largest absolute Gasteiger partial charge is 0.508 e. The quantitative estimate of drug-likeness (QED) is 0.392. The SMILES string of the molecule is CC(C)CC1NC(=O)C(CC(C)C)OC(=O)CCNC(=O)C(Cc2ccc(O)cc2)N(C)C(=O)C(CC(C)C)OC1=O. The first-order valence-electron chi connectivity index (χ1n) is 14.7. The van der Waals surface area contributed by atoms with E-state index in [4.69, 9.17) is 9.47 Å². The number of likely N-dealkylation sites (N-methyl/N-ethyl adjacent to an activating group) is 1. The number of nitrogens with zero attached hydrogens (tertiary/aromatic N) is 1. The molecule has 0 saturated carbocycles. The molecule has 0 radical (unpaired) electrons. The topological polar surface area (TPSA) is 151 Å². The molecular weight excluding hydrogens is 542 g/mol. The maximum absolute atomic E-state index is 13.8. The lowest BCUT2D eigenvalue weighted by atomic mass is 10.00. The standard InChI is InChI=1S/C31H47N3O8/c1-18(2)14-23-31(40)42-26(16-20(5)6)30(39)34(7)24(17-21-8-10-22(35)11-9-21)28(37)32-13-12-27(36)41-25(15-19(3)4)29(38)33-23/h8-11,18-20,23-26,35H,12-17H2,1-7H3,(H,32,37)(H,33,38). The number of hydrogen-bond donors (Lipinski definition) is 3. The number of nitrogens with one attached hydrogen (secondary N) is 2. The van der Waals surface area contributed by atoms with E-state index in [1.54, 1.807) is 12.1 Å². The first kappa shape index (κ1) is 34.6. The van der Waals surface area contributed by atoms with E-state index < -0.39 is 54.0 Å². The van der Waals surface area contributed by atoms with Gasteiger partial charge < -0.3 is 30.1 Å². The van der Waals surface area contributed by atoms with Crippen LogP contribution in [0.3, 0.4) is 0 Å². The molecule has 3 N–H and O–H groups in total. The summed E-state index contributed by atoms with van der Waals surface area (Å²) in [5.41, 5.74) is 0.690. The minimum absolute atomic E-state index is 0.000135. The summed E-state index contributed by atoms with van der Waals surface area (Å²) in [6, 6.07) is 4.21. The normalized spacial score (nSPS) is 23.6. The Kier molecular flexibility index (Phi) is 13.3. The van der Waals surface area contributed by atoms with Gasteiger partial charge in [0.15, 0.2) is 12.2 Å². The molecule has 1 aliphatic heterocycles. The number of hydrogen-bond acceptors (Lipinski definition) is 8. The molecule has 0 bridgehead atoms. The van der Waals surface area contributed by atoms with Crippen LogP contribution in [0.25, 0.3) is 0 Å². The summed E-state index contributed by atoms with van der Waals surface area (Å²) in [6.45, 7) is 11.3. The van der Waals surface area contributed by atoms with Crippen LogP contribution < -0.4 is 10.6 Å². The van der Waals surface area contributed by atoms with E-state index in [-0.39, 0.29) is 62.2 Å². The van der Waals surface area contributed by atoms with E-state index in [2.05, 4.69) is 10.6 Å². The number of esters is 2. The first-order valence-corrected chi connectivity index (χ1v) is 14.7. The van der Waals surface area contributed by atoms with Gasteiger partial charge in [0.05, 0.1) is 6.42 Å². The second kappa shape index (κ2) is 16.1. The van der Waals surface area contributed by atoms with Crippen molar-refractivity contribution in [1.29, 1.82) is 0 Å². The molecule has 0 spiro atoms. The van der Waals surface area contributed by atoms with Crippen molar-refractivity contribution in [3.63, 3.8) is 0 Å². The fraction of sp³-hybridized carbons (Fsp3) is 0.645. The molecule has 11 heteroatoms. The van der Waals surface area contributed by atoms with Crippen LogP contribution >= 0.6 is 0 Å². The predicted molar refractivity (Wildman–Crippen MR) is 156 cm³/mol. The number of phenolic OH excluding ortho intramolecular Hbond substituents is 1. The van der Waals surface area contributed by atoms with Crippen LogP contribution in [0.15, 0.2) is 24.3 Å². The number of phenols is 1. The van der Waals surface area contributed by atoms with Crippen molar-refractivity contribution >= 4 is 29.7 Å². The lowest BCUT2D eigenvalue weighted by Gasteiger charge is -2.32. The van der Waals surface area contributed by atoms with Gasteiger partial charge in [0.1, 0.15) is 17.8 Å². The van der Waals surface area contributed by atoms with E-state index in [0.29, 0.717) is 5.56 Å². The average molecular weight is 590 g/mol. The predicted octanol–water partition coefficient (Wildman–Crippen LogP) is 2.73. The summed E-state index contributed by atoms with van der Waals surface area (Å²) in [5.74, 6) is -3.09. The van der Waals surface area contributed by atoms with Gasteiger partial charge in [-0.15, -0.1) is 0 Å². The van der Waals surface area contributed by atoms with Gasteiger partial charge in [0.2, 0.25) is 5.91 Å². The van der Waals surface area contributed by atoms with Crippen LogP contribution in [0.4, 0.5) is 0 Å². The second-order valence-electron chi connectivity index (χ2n) is 12.2. The number of carbonyl (C=O) groups is 5. The zero-order valence-electron chi connectivity index (χ0n) is 25.8. The Morgan fingerprint density at radius 1 is 0.833 bits per heavy atom. The molecule has 1 fully saturated rings. The molecule has 1 aliphatic rings. The van der Waals surface area contributed by atoms with Gasteiger partial charge in [-0.25, -0.2) is 4.79 Å². The summed E-state index contributed by atoms with van der Waals surface area (Å²) in [7, 11) is 1.47. The number of cyclic esters (lactones) is 2. The number of benzene rings is 1. The van der Waals surface area contributed by atoms with Crippen molar-refractivity contribution in [3.05, 3.63) is 29.8 Å². The molecule has 1 heterocycles. The van der Waals surface area contributed by atoms with Crippen LogP contribution in [0.1, 0.15) is 72.8 Å². The summed E-state index contributed by atoms with van der Waals surface area (Å²) >= 11 is 0. The fourth-order valence-electron chi connectivity index (χ4n) is 4.70. The van der Waals surface area contributed by atoms with Gasteiger partial charge in [-0.2, -0.15) is 0 Å². The van der Waals surface area contributed by atoms with Crippen molar-refractivity contribution in [3.8, 4) is 5.75 Å². The number of aromatic hydroxyl groups is 1. The Balaban J connectivity index is 2.50. The Bertz CT molecular complexity index is 1090. The number of rotatable bonds is 8. The Labute approximate surface area is 248 Å². The third kappa shape index (κ3) is 11.0. The zero-order chi connectivity index (χ0) is 31.6. The summed E-state index contributed by atoms with van der Waals surface area (Å²) < 4.78 is 11.3. The Morgan fingerprint density at radius 3 is 1.98 bits per heavy atom. The van der Waals surface area contributed by atoms with Crippen LogP contribution in [0.5, 0.6) is 5.75 Å². The summed E-state index contributed by atoms with van der Waals surface area (Å²) in [5, 5.41) is 15.1. The van der Waals surface area contributed by atoms with E-state index in [9.17, 15) is 29.1 Å². The highest BCUT2D eigenvalue weighted by atomic mass is 16.6.